The number of hydrogen-bond donors (Lipinski definition) is 0. The third-order valence-corrected chi connectivity index (χ3v) is 0.961. The van der Waals surface area contributed by atoms with Crippen LogP contribution in [0.2, 0.25) is 0 Å². The highest BCUT2D eigenvalue weighted by atomic mass is 14.2. The Bertz CT molecular complexity index is 54.9. The second-order valence-electron chi connectivity index (χ2n) is 3.76. The van der Waals surface area contributed by atoms with Crippen LogP contribution in [0.5, 0.6) is 0 Å². The van der Waals surface area contributed by atoms with E-state index in [1.165, 1.54) is 6.42 Å². The predicted molar refractivity (Wildman–Crippen MR) is 38.6 cm³/mol. The van der Waals surface area contributed by atoms with Gasteiger partial charge in [-0.05, 0) is 24.7 Å². The average Bonchev–Trinajstić information content (AvgIpc) is 1.21. The lowest BCUT2D eigenvalue weighted by atomic mass is 9.86. The molecule has 0 aliphatic carbocycles. The van der Waals surface area contributed by atoms with Gasteiger partial charge in [0, 0.05) is 0 Å². The van der Waals surface area contributed by atoms with E-state index in [9.17, 15) is 0 Å². The zero-order chi connectivity index (χ0) is 6.78. The summed E-state index contributed by atoms with van der Waals surface area (Å²) < 4.78 is 0. The van der Waals surface area contributed by atoms with Gasteiger partial charge in [-0.2, -0.15) is 0 Å². The summed E-state index contributed by atoms with van der Waals surface area (Å²) in [4.78, 5) is 0. The van der Waals surface area contributed by atoms with Crippen LogP contribution in [0.1, 0.15) is 34.1 Å². The van der Waals surface area contributed by atoms with Crippen molar-refractivity contribution in [2.24, 2.45) is 11.3 Å². The second-order valence-corrected chi connectivity index (χ2v) is 3.76. The van der Waals surface area contributed by atoms with E-state index >= 15 is 0 Å². The van der Waals surface area contributed by atoms with E-state index in [-0.39, 0.29) is 5.41 Å². The normalized spacial score (nSPS) is 12.8. The second kappa shape index (κ2) is 2.52. The SMILES string of the molecule is [CH2]C(C)(C)CC(C)C. The molecule has 0 rings (SSSR count). The highest BCUT2D eigenvalue weighted by Crippen LogP contribution is 2.22. The minimum atomic E-state index is 0.272. The molecular weight excluding hydrogens is 96.1 g/mol. The summed E-state index contributed by atoms with van der Waals surface area (Å²) in [7, 11) is 0. The molecule has 49 valence electrons. The van der Waals surface area contributed by atoms with Crippen LogP contribution in [0, 0.1) is 18.3 Å². The van der Waals surface area contributed by atoms with Crippen molar-refractivity contribution in [3.8, 4) is 0 Å². The molecule has 0 N–H and O–H groups in total. The third kappa shape index (κ3) is 6.00. The molecule has 0 unspecified atom stereocenters. The van der Waals surface area contributed by atoms with Gasteiger partial charge in [0.2, 0.25) is 0 Å². The molecule has 0 nitrogen and oxygen atoms in total. The summed E-state index contributed by atoms with van der Waals surface area (Å²) in [6, 6.07) is 0. The first-order chi connectivity index (χ1) is 3.42. The maximum Gasteiger partial charge on any atom is -0.0352 e. The van der Waals surface area contributed by atoms with Crippen molar-refractivity contribution in [3.05, 3.63) is 6.92 Å². The molecule has 0 spiro atoms. The molecule has 0 saturated carbocycles. The molecule has 0 aromatic carbocycles. The quantitative estimate of drug-likeness (QED) is 0.516. The topological polar surface area (TPSA) is 0 Å². The standard InChI is InChI=1S/C8H17/c1-7(2)6-8(3,4)5/h7H,3,6H2,1-2,4-5H3. The Morgan fingerprint density at radius 1 is 1.38 bits per heavy atom. The summed E-state index contributed by atoms with van der Waals surface area (Å²) in [5.74, 6) is 0.780. The average molecular weight is 113 g/mol. The highest BCUT2D eigenvalue weighted by molar-refractivity contribution is 4.71. The molecular formula is C8H17. The molecule has 0 saturated heterocycles. The third-order valence-electron chi connectivity index (χ3n) is 0.961. The van der Waals surface area contributed by atoms with Crippen LogP contribution in [-0.4, -0.2) is 0 Å². The van der Waals surface area contributed by atoms with Crippen molar-refractivity contribution >= 4 is 0 Å². The Morgan fingerprint density at radius 3 is 1.75 bits per heavy atom. The summed E-state index contributed by atoms with van der Waals surface area (Å²) in [6.45, 7) is 12.8. The van der Waals surface area contributed by atoms with Crippen molar-refractivity contribution in [1.82, 2.24) is 0 Å². The highest BCUT2D eigenvalue weighted by Gasteiger charge is 2.11. The smallest absolute Gasteiger partial charge is 0.0352 e. The summed E-state index contributed by atoms with van der Waals surface area (Å²) in [5.41, 5.74) is 0.272. The van der Waals surface area contributed by atoms with Crippen LogP contribution in [0.3, 0.4) is 0 Å². The lowest BCUT2D eigenvalue weighted by Crippen LogP contribution is -2.08. The summed E-state index contributed by atoms with van der Waals surface area (Å²) in [5, 5.41) is 0. The van der Waals surface area contributed by atoms with Gasteiger partial charge in [-0.25, -0.2) is 0 Å². The van der Waals surface area contributed by atoms with Crippen LogP contribution < -0.4 is 0 Å². The first kappa shape index (κ1) is 8.00. The van der Waals surface area contributed by atoms with Gasteiger partial charge >= 0.3 is 0 Å². The van der Waals surface area contributed by atoms with Crippen molar-refractivity contribution < 1.29 is 0 Å². The Morgan fingerprint density at radius 2 is 1.75 bits per heavy atom. The van der Waals surface area contributed by atoms with Crippen molar-refractivity contribution in [3.63, 3.8) is 0 Å². The van der Waals surface area contributed by atoms with E-state index in [0.29, 0.717) is 0 Å². The molecule has 0 aromatic heterocycles. The number of rotatable bonds is 2. The lowest BCUT2D eigenvalue weighted by Gasteiger charge is -2.19. The lowest BCUT2D eigenvalue weighted by molar-refractivity contribution is 0.362. The van der Waals surface area contributed by atoms with Gasteiger partial charge in [0.05, 0.1) is 0 Å². The van der Waals surface area contributed by atoms with Gasteiger partial charge in [0.25, 0.3) is 0 Å². The van der Waals surface area contributed by atoms with Crippen LogP contribution in [-0.2, 0) is 0 Å². The molecule has 0 heteroatoms. The molecule has 0 fully saturated rings. The fraction of sp³-hybridized carbons (Fsp3) is 0.875. The van der Waals surface area contributed by atoms with E-state index in [1.54, 1.807) is 0 Å². The zero-order valence-electron chi connectivity index (χ0n) is 6.49. The van der Waals surface area contributed by atoms with E-state index < -0.39 is 0 Å². The molecule has 8 heavy (non-hydrogen) atoms. The van der Waals surface area contributed by atoms with Crippen LogP contribution >= 0.6 is 0 Å². The van der Waals surface area contributed by atoms with E-state index in [0.717, 1.165) is 5.92 Å². The first-order valence-corrected chi connectivity index (χ1v) is 3.27. The maximum atomic E-state index is 4.01. The Balaban J connectivity index is 3.39. The van der Waals surface area contributed by atoms with Crippen LogP contribution in [0.25, 0.3) is 0 Å². The van der Waals surface area contributed by atoms with Gasteiger partial charge in [0.15, 0.2) is 0 Å². The monoisotopic (exact) mass is 113 g/mol. The van der Waals surface area contributed by atoms with Crippen LogP contribution in [0.15, 0.2) is 0 Å². The van der Waals surface area contributed by atoms with Crippen molar-refractivity contribution in [1.29, 1.82) is 0 Å². The largest absolute Gasteiger partial charge is 0.0628 e. The summed E-state index contributed by atoms with van der Waals surface area (Å²) in [6.07, 6.45) is 1.22. The molecule has 0 amide bonds. The molecule has 1 radical (unpaired) electrons. The summed E-state index contributed by atoms with van der Waals surface area (Å²) >= 11 is 0. The molecule has 0 heterocycles. The van der Waals surface area contributed by atoms with Gasteiger partial charge in [-0.1, -0.05) is 27.7 Å². The minimum absolute atomic E-state index is 0.272. The van der Waals surface area contributed by atoms with Gasteiger partial charge in [-0.3, -0.25) is 0 Å². The zero-order valence-corrected chi connectivity index (χ0v) is 6.49. The molecule has 0 aromatic rings. The van der Waals surface area contributed by atoms with Crippen molar-refractivity contribution in [2.75, 3.05) is 0 Å². The molecule has 0 aliphatic heterocycles. The van der Waals surface area contributed by atoms with Gasteiger partial charge in [-0.15, -0.1) is 0 Å². The minimum Gasteiger partial charge on any atom is -0.0628 e. The van der Waals surface area contributed by atoms with Gasteiger partial charge < -0.3 is 0 Å². The maximum absolute atomic E-state index is 4.01. The van der Waals surface area contributed by atoms with E-state index in [2.05, 4.69) is 34.6 Å². The molecule has 0 bridgehead atoms. The molecule has 0 aliphatic rings. The fourth-order valence-corrected chi connectivity index (χ4v) is 1.11. The van der Waals surface area contributed by atoms with Crippen molar-refractivity contribution in [2.45, 2.75) is 34.1 Å². The Labute approximate surface area is 53.3 Å². The predicted octanol–water partition coefficient (Wildman–Crippen LogP) is 2.89. The first-order valence-electron chi connectivity index (χ1n) is 3.27. The fourth-order valence-electron chi connectivity index (χ4n) is 1.11. The van der Waals surface area contributed by atoms with E-state index in [1.807, 2.05) is 0 Å². The number of hydrogen-bond acceptors (Lipinski definition) is 0. The Kier molecular flexibility index (Phi) is 2.52. The Hall–Kier alpha value is 0. The van der Waals surface area contributed by atoms with E-state index in [4.69, 9.17) is 0 Å². The molecule has 0 atom stereocenters. The van der Waals surface area contributed by atoms with Gasteiger partial charge in [0.1, 0.15) is 0 Å². The van der Waals surface area contributed by atoms with Crippen LogP contribution in [0.4, 0.5) is 0 Å².